The van der Waals surface area contributed by atoms with E-state index >= 15 is 0 Å². The van der Waals surface area contributed by atoms with Crippen molar-refractivity contribution in [1.29, 1.82) is 0 Å². The average Bonchev–Trinajstić information content (AvgIpc) is 2.29. The summed E-state index contributed by atoms with van der Waals surface area (Å²) in [6, 6.07) is 8.78. The molecule has 0 aromatic heterocycles. The van der Waals surface area contributed by atoms with Gasteiger partial charge in [-0.3, -0.25) is 0 Å². The van der Waals surface area contributed by atoms with E-state index in [2.05, 4.69) is 45.0 Å². The number of rotatable bonds is 7. The van der Waals surface area contributed by atoms with E-state index in [4.69, 9.17) is 5.73 Å². The molecule has 0 fully saturated rings. The summed E-state index contributed by atoms with van der Waals surface area (Å²) in [4.78, 5) is 0. The fourth-order valence-electron chi connectivity index (χ4n) is 1.75. The number of hydrogen-bond donors (Lipinski definition) is 1. The maximum absolute atomic E-state index is 5.72. The molecule has 1 aromatic rings. The van der Waals surface area contributed by atoms with Gasteiger partial charge in [0.2, 0.25) is 0 Å². The van der Waals surface area contributed by atoms with Gasteiger partial charge in [0.15, 0.2) is 0 Å². The summed E-state index contributed by atoms with van der Waals surface area (Å²) < 4.78 is 0. The van der Waals surface area contributed by atoms with Crippen molar-refractivity contribution in [3.63, 3.8) is 0 Å². The molecule has 2 heteroatoms. The Bertz CT molecular complexity index is 333. The number of thioether (sulfide) groups is 1. The number of hydrogen-bond acceptors (Lipinski definition) is 2. The maximum atomic E-state index is 5.72. The van der Waals surface area contributed by atoms with Crippen molar-refractivity contribution in [3.05, 3.63) is 35.4 Å². The van der Waals surface area contributed by atoms with E-state index in [0.29, 0.717) is 5.41 Å². The van der Waals surface area contributed by atoms with Gasteiger partial charge in [0.1, 0.15) is 0 Å². The second-order valence-corrected chi connectivity index (χ2v) is 6.62. The molecule has 0 spiro atoms. The monoisotopic (exact) mass is 251 g/mol. The van der Waals surface area contributed by atoms with Gasteiger partial charge in [-0.25, -0.2) is 0 Å². The molecule has 0 saturated carbocycles. The highest BCUT2D eigenvalue weighted by atomic mass is 32.2. The number of nitrogens with two attached hydrogens (primary N) is 1. The molecule has 0 amide bonds. The second-order valence-electron chi connectivity index (χ2n) is 5.51. The Kier molecular flexibility index (Phi) is 6.07. The molecule has 0 unspecified atom stereocenters. The molecule has 0 aliphatic rings. The van der Waals surface area contributed by atoms with Gasteiger partial charge in [0.05, 0.1) is 0 Å². The first-order valence-electron chi connectivity index (χ1n) is 6.37. The smallest absolute Gasteiger partial charge is 0.0184 e. The van der Waals surface area contributed by atoms with Gasteiger partial charge in [-0.15, -0.1) is 0 Å². The van der Waals surface area contributed by atoms with Crippen LogP contribution in [0.5, 0.6) is 0 Å². The molecule has 1 aromatic carbocycles. The Morgan fingerprint density at radius 3 is 2.71 bits per heavy atom. The van der Waals surface area contributed by atoms with E-state index in [1.807, 2.05) is 11.8 Å². The van der Waals surface area contributed by atoms with Crippen LogP contribution in [0.1, 0.15) is 37.8 Å². The van der Waals surface area contributed by atoms with Gasteiger partial charge in [-0.1, -0.05) is 43.7 Å². The van der Waals surface area contributed by atoms with Crippen LogP contribution >= 0.6 is 11.8 Å². The average molecular weight is 251 g/mol. The predicted molar refractivity (Wildman–Crippen MR) is 79.4 cm³/mol. The van der Waals surface area contributed by atoms with Gasteiger partial charge >= 0.3 is 0 Å². The minimum atomic E-state index is 0.309. The zero-order chi connectivity index (χ0) is 12.7. The molecule has 0 atom stereocenters. The fourth-order valence-corrected chi connectivity index (χ4v) is 2.65. The Hall–Kier alpha value is -0.470. The molecule has 0 aliphatic heterocycles. The van der Waals surface area contributed by atoms with Crippen molar-refractivity contribution in [2.75, 3.05) is 12.3 Å². The predicted octanol–water partition coefficient (Wildman–Crippen LogP) is 3.99. The second kappa shape index (κ2) is 7.07. The van der Waals surface area contributed by atoms with E-state index in [9.17, 15) is 0 Å². The van der Waals surface area contributed by atoms with Crippen molar-refractivity contribution >= 4 is 11.8 Å². The summed E-state index contributed by atoms with van der Waals surface area (Å²) in [6.07, 6.45) is 2.49. The highest BCUT2D eigenvalue weighted by Crippen LogP contribution is 2.22. The lowest BCUT2D eigenvalue weighted by atomic mass is 9.88. The Balaban J connectivity index is 2.17. The van der Waals surface area contributed by atoms with E-state index in [1.165, 1.54) is 29.7 Å². The molecule has 1 rings (SSSR count). The van der Waals surface area contributed by atoms with Crippen molar-refractivity contribution in [1.82, 2.24) is 0 Å². The van der Waals surface area contributed by atoms with Crippen molar-refractivity contribution < 1.29 is 0 Å². The standard InChI is InChI=1S/C15H25NS/c1-13-6-4-7-14(10-13)11-17-9-5-8-15(2,3)12-16/h4,6-7,10H,5,8-9,11-12,16H2,1-3H3. The molecule has 0 bridgehead atoms. The first kappa shape index (κ1) is 14.6. The lowest BCUT2D eigenvalue weighted by Gasteiger charge is -2.21. The van der Waals surface area contributed by atoms with Crippen molar-refractivity contribution in [2.45, 2.75) is 39.4 Å². The molecule has 96 valence electrons. The highest BCUT2D eigenvalue weighted by Gasteiger charge is 2.14. The Morgan fingerprint density at radius 1 is 1.29 bits per heavy atom. The van der Waals surface area contributed by atoms with E-state index in [0.717, 1.165) is 12.3 Å². The fraction of sp³-hybridized carbons (Fsp3) is 0.600. The lowest BCUT2D eigenvalue weighted by molar-refractivity contribution is 0.345. The summed E-state index contributed by atoms with van der Waals surface area (Å²) in [5.41, 5.74) is 8.82. The SMILES string of the molecule is Cc1cccc(CSCCCC(C)(C)CN)c1. The quantitative estimate of drug-likeness (QED) is 0.741. The van der Waals surface area contributed by atoms with Crippen LogP contribution < -0.4 is 5.73 Å². The summed E-state index contributed by atoms with van der Waals surface area (Å²) in [5, 5.41) is 0. The molecule has 0 radical (unpaired) electrons. The molecule has 1 nitrogen and oxygen atoms in total. The third-order valence-corrected chi connectivity index (χ3v) is 4.16. The summed E-state index contributed by atoms with van der Waals surface area (Å²) >= 11 is 2.03. The Labute approximate surface area is 110 Å². The third-order valence-electron chi connectivity index (χ3n) is 3.05. The summed E-state index contributed by atoms with van der Waals surface area (Å²) in [6.45, 7) is 7.43. The van der Waals surface area contributed by atoms with Gasteiger partial charge in [-0.2, -0.15) is 11.8 Å². The Morgan fingerprint density at radius 2 is 2.06 bits per heavy atom. The minimum Gasteiger partial charge on any atom is -0.330 e. The topological polar surface area (TPSA) is 26.0 Å². The first-order chi connectivity index (χ1) is 8.03. The first-order valence-corrected chi connectivity index (χ1v) is 7.52. The molecule has 0 heterocycles. The van der Waals surface area contributed by atoms with Crippen LogP contribution in [-0.2, 0) is 5.75 Å². The van der Waals surface area contributed by atoms with Gasteiger partial charge in [-0.05, 0) is 43.0 Å². The van der Waals surface area contributed by atoms with Crippen LogP contribution in [0, 0.1) is 12.3 Å². The summed E-state index contributed by atoms with van der Waals surface area (Å²) in [7, 11) is 0. The van der Waals surface area contributed by atoms with Crippen LogP contribution in [-0.4, -0.2) is 12.3 Å². The van der Waals surface area contributed by atoms with Crippen LogP contribution in [0.2, 0.25) is 0 Å². The highest BCUT2D eigenvalue weighted by molar-refractivity contribution is 7.98. The van der Waals surface area contributed by atoms with Gasteiger partial charge in [0.25, 0.3) is 0 Å². The normalized spacial score (nSPS) is 11.8. The van der Waals surface area contributed by atoms with Gasteiger partial charge in [0, 0.05) is 5.75 Å². The largest absolute Gasteiger partial charge is 0.330 e. The van der Waals surface area contributed by atoms with E-state index in [1.54, 1.807) is 0 Å². The molecular formula is C15H25NS. The molecule has 0 saturated heterocycles. The van der Waals surface area contributed by atoms with Gasteiger partial charge < -0.3 is 5.73 Å². The van der Waals surface area contributed by atoms with Crippen LogP contribution in [0.3, 0.4) is 0 Å². The zero-order valence-corrected chi connectivity index (χ0v) is 12.1. The van der Waals surface area contributed by atoms with Crippen molar-refractivity contribution in [2.24, 2.45) is 11.1 Å². The zero-order valence-electron chi connectivity index (χ0n) is 11.3. The maximum Gasteiger partial charge on any atom is 0.0184 e. The third kappa shape index (κ3) is 6.13. The van der Waals surface area contributed by atoms with Crippen LogP contribution in [0.15, 0.2) is 24.3 Å². The molecule has 2 N–H and O–H groups in total. The lowest BCUT2D eigenvalue weighted by Crippen LogP contribution is -2.23. The van der Waals surface area contributed by atoms with Crippen molar-refractivity contribution in [3.8, 4) is 0 Å². The van der Waals surface area contributed by atoms with E-state index in [-0.39, 0.29) is 0 Å². The number of benzene rings is 1. The van der Waals surface area contributed by atoms with Crippen LogP contribution in [0.4, 0.5) is 0 Å². The number of aryl methyl sites for hydroxylation is 1. The summed E-state index contributed by atoms with van der Waals surface area (Å²) in [5.74, 6) is 2.36. The molecule has 0 aliphatic carbocycles. The molecule has 17 heavy (non-hydrogen) atoms. The van der Waals surface area contributed by atoms with Crippen LogP contribution in [0.25, 0.3) is 0 Å². The minimum absolute atomic E-state index is 0.309. The van der Waals surface area contributed by atoms with E-state index < -0.39 is 0 Å². The molecular weight excluding hydrogens is 226 g/mol.